The Balaban J connectivity index is 0.000000371. The van der Waals surface area contributed by atoms with Crippen LogP contribution in [0.3, 0.4) is 0 Å². The molecule has 4 heterocycles. The minimum Gasteiger partial charge on any atom is -0.870 e. The van der Waals surface area contributed by atoms with Gasteiger partial charge in [0, 0.05) is 80.6 Å². The van der Waals surface area contributed by atoms with Crippen molar-refractivity contribution in [3.05, 3.63) is 138 Å². The van der Waals surface area contributed by atoms with Crippen LogP contribution in [-0.4, -0.2) is 44.4 Å². The standard InChI is InChI=1S/4C9H5Cl2NO.2CH4O.2Zn/c4*10-6-4-7(11)9(13)8-5(6)2-1-3-12-8;2*1-2;;/h4*1-4,13H;2*2H,1H3;;/q;;;;;;2*+2/p-4. The molecule has 4 aromatic carbocycles. The van der Waals surface area contributed by atoms with Gasteiger partial charge < -0.3 is 30.6 Å². The van der Waals surface area contributed by atoms with E-state index in [9.17, 15) is 20.4 Å². The van der Waals surface area contributed by atoms with E-state index >= 15 is 0 Å². The summed E-state index contributed by atoms with van der Waals surface area (Å²) in [5.41, 5.74) is 1.28. The summed E-state index contributed by atoms with van der Waals surface area (Å²) in [6, 6.07) is 19.6. The Morgan fingerprint density at radius 1 is 0.345 bits per heavy atom. The maximum Gasteiger partial charge on any atom is 2.00 e. The van der Waals surface area contributed by atoms with Crippen LogP contribution >= 0.6 is 92.8 Å². The van der Waals surface area contributed by atoms with Gasteiger partial charge in [0.1, 0.15) is 0 Å². The van der Waals surface area contributed by atoms with Crippen molar-refractivity contribution in [1.29, 1.82) is 0 Å². The van der Waals surface area contributed by atoms with Gasteiger partial charge in [0.05, 0.1) is 42.2 Å². The molecule has 20 heteroatoms. The Morgan fingerprint density at radius 2 is 0.517 bits per heavy atom. The molecule has 8 aromatic rings. The van der Waals surface area contributed by atoms with Crippen LogP contribution in [0, 0.1) is 0 Å². The van der Waals surface area contributed by atoms with Crippen molar-refractivity contribution in [2.24, 2.45) is 0 Å². The van der Waals surface area contributed by atoms with Crippen LogP contribution in [0.4, 0.5) is 0 Å². The van der Waals surface area contributed by atoms with E-state index in [0.29, 0.717) is 63.7 Å². The van der Waals surface area contributed by atoms with Gasteiger partial charge in [-0.3, -0.25) is 19.9 Å². The average molecular weight is 1050 g/mol. The molecule has 2 N–H and O–H groups in total. The number of fused-ring (bicyclic) bond motifs is 4. The molecule has 0 saturated heterocycles. The van der Waals surface area contributed by atoms with Gasteiger partial charge >= 0.3 is 39.0 Å². The first-order valence-electron chi connectivity index (χ1n) is 15.3. The van der Waals surface area contributed by atoms with Gasteiger partial charge in [0.25, 0.3) is 0 Å². The Morgan fingerprint density at radius 3 is 0.690 bits per heavy atom. The molecular weight excluding hydrogens is 1020 g/mol. The molecule has 0 saturated carbocycles. The Hall–Kier alpha value is -2.79. The van der Waals surface area contributed by atoms with E-state index in [2.05, 4.69) is 19.9 Å². The normalized spacial score (nSPS) is 9.72. The average Bonchev–Trinajstić information content (AvgIpc) is 3.23. The second kappa shape index (κ2) is 25.7. The quantitative estimate of drug-likeness (QED) is 0.139. The molecule has 58 heavy (non-hydrogen) atoms. The maximum atomic E-state index is 11.4. The van der Waals surface area contributed by atoms with E-state index in [1.165, 1.54) is 49.1 Å². The molecule has 10 nitrogen and oxygen atoms in total. The van der Waals surface area contributed by atoms with Crippen LogP contribution in [0.2, 0.25) is 40.2 Å². The predicted molar refractivity (Wildman–Crippen MR) is 221 cm³/mol. The zero-order valence-corrected chi connectivity index (χ0v) is 42.0. The summed E-state index contributed by atoms with van der Waals surface area (Å²) in [6.07, 6.45) is 6.15. The summed E-state index contributed by atoms with van der Waals surface area (Å²) >= 11 is 46.1. The molecule has 0 aliphatic heterocycles. The van der Waals surface area contributed by atoms with Crippen molar-refractivity contribution in [2.45, 2.75) is 0 Å². The van der Waals surface area contributed by atoms with E-state index < -0.39 is 0 Å². The predicted octanol–water partition coefficient (Wildman–Crippen LogP) is 9.67. The van der Waals surface area contributed by atoms with E-state index in [1.807, 2.05) is 0 Å². The fourth-order valence-electron chi connectivity index (χ4n) is 4.59. The number of hydrogen-bond acceptors (Lipinski definition) is 10. The van der Waals surface area contributed by atoms with Crippen molar-refractivity contribution >= 4 is 136 Å². The van der Waals surface area contributed by atoms with Crippen LogP contribution in [0.25, 0.3) is 43.6 Å². The van der Waals surface area contributed by atoms with Crippen LogP contribution in [0.5, 0.6) is 23.0 Å². The summed E-state index contributed by atoms with van der Waals surface area (Å²) in [5.74, 6) is -1.10. The molecule has 0 radical (unpaired) electrons. The minimum absolute atomic E-state index is 0. The zero-order valence-electron chi connectivity index (χ0n) is 30.0. The number of aromatic nitrogens is 4. The van der Waals surface area contributed by atoms with Crippen LogP contribution in [0.1, 0.15) is 0 Å². The third-order valence-corrected chi connectivity index (χ3v) is 9.38. The fourth-order valence-corrected chi connectivity index (χ4v) is 6.65. The SMILES string of the molecule is CO.CO.[O-]c1c(Cl)cc(Cl)c2cccnc12.[O-]c1c(Cl)cc(Cl)c2cccnc12.[O-]c1c(Cl)cc(Cl)c2cccnc12.[O-]c1c(Cl)cc(Cl)c2cccnc12.[Zn+2].[Zn+2]. The van der Waals surface area contributed by atoms with Crippen molar-refractivity contribution in [3.63, 3.8) is 0 Å². The Bertz CT molecular complexity index is 2260. The topological polar surface area (TPSA) is 184 Å². The number of pyridine rings is 4. The van der Waals surface area contributed by atoms with E-state index in [0.717, 1.165) is 14.2 Å². The Kier molecular flexibility index (Phi) is 23.6. The molecule has 0 spiro atoms. The van der Waals surface area contributed by atoms with E-state index in [4.69, 9.17) is 103 Å². The molecule has 0 fully saturated rings. The summed E-state index contributed by atoms with van der Waals surface area (Å²) in [4.78, 5) is 15.7. The van der Waals surface area contributed by atoms with Crippen LogP contribution in [0.15, 0.2) is 97.6 Å². The first-order valence-corrected chi connectivity index (χ1v) is 18.3. The molecule has 0 amide bonds. The molecule has 8 rings (SSSR count). The van der Waals surface area contributed by atoms with Gasteiger partial charge in [-0.05, 0) is 72.8 Å². The molecule has 0 aliphatic rings. The number of aliphatic hydroxyl groups is 2. The van der Waals surface area contributed by atoms with Gasteiger partial charge in [0.2, 0.25) is 0 Å². The van der Waals surface area contributed by atoms with Gasteiger partial charge in [-0.1, -0.05) is 116 Å². The largest absolute Gasteiger partial charge is 2.00 e. The molecular formula is C38H24Cl8N4O6Zn2. The van der Waals surface area contributed by atoms with E-state index in [-0.39, 0.29) is 82.0 Å². The van der Waals surface area contributed by atoms with Crippen molar-refractivity contribution in [3.8, 4) is 23.0 Å². The number of halogens is 8. The first kappa shape index (κ1) is 53.2. The number of aliphatic hydroxyl groups excluding tert-OH is 2. The first-order chi connectivity index (χ1) is 26.8. The zero-order chi connectivity index (χ0) is 41.7. The monoisotopic (exact) mass is 1040 g/mol. The van der Waals surface area contributed by atoms with Gasteiger partial charge in [-0.25, -0.2) is 0 Å². The summed E-state index contributed by atoms with van der Waals surface area (Å²) in [6.45, 7) is 0. The number of hydrogen-bond donors (Lipinski definition) is 2. The van der Waals surface area contributed by atoms with Gasteiger partial charge in [0.15, 0.2) is 0 Å². The summed E-state index contributed by atoms with van der Waals surface area (Å²) in [7, 11) is 2.00. The van der Waals surface area contributed by atoms with Crippen LogP contribution < -0.4 is 20.4 Å². The smallest absolute Gasteiger partial charge is 0.870 e. The van der Waals surface area contributed by atoms with Gasteiger partial charge in [-0.15, -0.1) is 0 Å². The van der Waals surface area contributed by atoms with E-state index in [1.54, 1.807) is 48.5 Å². The second-order valence-corrected chi connectivity index (χ2v) is 13.5. The number of benzene rings is 4. The van der Waals surface area contributed by atoms with Crippen molar-refractivity contribution < 1.29 is 69.6 Å². The molecule has 4 aromatic heterocycles. The minimum atomic E-state index is -0.276. The summed E-state index contributed by atoms with van der Waals surface area (Å²) < 4.78 is 0. The number of nitrogens with zero attached hydrogens (tertiary/aromatic N) is 4. The summed E-state index contributed by atoms with van der Waals surface area (Å²) in [5, 5.41) is 64.5. The van der Waals surface area contributed by atoms with Crippen molar-refractivity contribution in [2.75, 3.05) is 14.2 Å². The molecule has 0 aliphatic carbocycles. The van der Waals surface area contributed by atoms with Gasteiger partial charge in [-0.2, -0.15) is 0 Å². The fraction of sp³-hybridized carbons (Fsp3) is 0.0526. The molecule has 0 bridgehead atoms. The van der Waals surface area contributed by atoms with Crippen LogP contribution in [-0.2, 0) is 39.0 Å². The van der Waals surface area contributed by atoms with Crippen molar-refractivity contribution in [1.82, 2.24) is 19.9 Å². The molecule has 0 atom stereocenters. The Labute approximate surface area is 397 Å². The number of rotatable bonds is 0. The third kappa shape index (κ3) is 13.1. The maximum absolute atomic E-state index is 11.4. The molecule has 292 valence electrons. The second-order valence-electron chi connectivity index (χ2n) is 10.3. The molecule has 0 unspecified atom stereocenters. The third-order valence-electron chi connectivity index (χ3n) is 7.00.